The maximum Gasteiger partial charge on any atom is 0.261 e. The molecule has 1 N–H and O–H groups in total. The average molecular weight is 271 g/mol. The molecule has 0 radical (unpaired) electrons. The van der Waals surface area contributed by atoms with Gasteiger partial charge in [-0.3, -0.25) is 0 Å². The van der Waals surface area contributed by atoms with Gasteiger partial charge in [0.15, 0.2) is 0 Å². The van der Waals surface area contributed by atoms with E-state index in [-0.39, 0.29) is 6.04 Å². The Bertz CT molecular complexity index is 352. The Balaban J connectivity index is 2.49. The summed E-state index contributed by atoms with van der Waals surface area (Å²) in [5.41, 5.74) is 2.46. The van der Waals surface area contributed by atoms with E-state index in [2.05, 4.69) is 43.4 Å². The Morgan fingerprint density at radius 1 is 1.11 bits per heavy atom. The van der Waals surface area contributed by atoms with Crippen LogP contribution in [0.25, 0.3) is 0 Å². The maximum atomic E-state index is 11.9. The molecule has 19 heavy (non-hydrogen) atoms. The summed E-state index contributed by atoms with van der Waals surface area (Å²) >= 11 is 0. The minimum atomic E-state index is -2.39. The second-order valence-electron chi connectivity index (χ2n) is 4.92. The molecular formula is C15H23F2NO. The summed E-state index contributed by atoms with van der Waals surface area (Å²) in [6.45, 7) is 4.16. The summed E-state index contributed by atoms with van der Waals surface area (Å²) < 4.78 is 28.8. The molecule has 0 aliphatic carbocycles. The summed E-state index contributed by atoms with van der Waals surface area (Å²) in [5.74, 6) is 0.511. The van der Waals surface area contributed by atoms with Crippen LogP contribution in [0.3, 0.4) is 0 Å². The highest BCUT2D eigenvalue weighted by Gasteiger charge is 2.10. The number of benzene rings is 1. The van der Waals surface area contributed by atoms with Crippen LogP contribution in [0.1, 0.15) is 43.4 Å². The Kier molecular flexibility index (Phi) is 6.95. The second kappa shape index (κ2) is 8.23. The van der Waals surface area contributed by atoms with Crippen molar-refractivity contribution in [2.24, 2.45) is 0 Å². The first-order chi connectivity index (χ1) is 9.04. The number of ether oxygens (including phenoxy) is 1. The predicted molar refractivity (Wildman–Crippen MR) is 73.8 cm³/mol. The van der Waals surface area contributed by atoms with E-state index in [9.17, 15) is 8.78 Å². The molecule has 1 aromatic carbocycles. The van der Waals surface area contributed by atoms with E-state index >= 15 is 0 Å². The van der Waals surface area contributed by atoms with Gasteiger partial charge in [0.1, 0.15) is 6.61 Å². The molecule has 0 heterocycles. The number of rotatable bonds is 8. The maximum absolute atomic E-state index is 11.9. The average Bonchev–Trinajstić information content (AvgIpc) is 2.39. The van der Waals surface area contributed by atoms with Gasteiger partial charge in [-0.15, -0.1) is 0 Å². The van der Waals surface area contributed by atoms with E-state index in [1.54, 1.807) is 0 Å². The van der Waals surface area contributed by atoms with Crippen molar-refractivity contribution in [3.8, 4) is 0 Å². The quantitative estimate of drug-likeness (QED) is 0.727. The summed E-state index contributed by atoms with van der Waals surface area (Å²) in [6, 6.07) is 8.54. The Morgan fingerprint density at radius 2 is 1.68 bits per heavy atom. The first-order valence-corrected chi connectivity index (χ1v) is 6.67. The van der Waals surface area contributed by atoms with E-state index < -0.39 is 13.0 Å². The van der Waals surface area contributed by atoms with Gasteiger partial charge in [-0.05, 0) is 30.5 Å². The first-order valence-electron chi connectivity index (χ1n) is 6.67. The monoisotopic (exact) mass is 271 g/mol. The molecule has 1 aromatic rings. The molecule has 108 valence electrons. The number of alkyl halides is 2. The predicted octanol–water partition coefficient (Wildman–Crippen LogP) is 3.74. The van der Waals surface area contributed by atoms with Crippen molar-refractivity contribution in [3.63, 3.8) is 0 Å². The van der Waals surface area contributed by atoms with Crippen molar-refractivity contribution < 1.29 is 13.5 Å². The topological polar surface area (TPSA) is 21.3 Å². The van der Waals surface area contributed by atoms with Crippen LogP contribution < -0.4 is 5.32 Å². The molecule has 1 unspecified atom stereocenters. The van der Waals surface area contributed by atoms with Crippen molar-refractivity contribution in [1.29, 1.82) is 0 Å². The fourth-order valence-corrected chi connectivity index (χ4v) is 1.96. The van der Waals surface area contributed by atoms with Crippen molar-refractivity contribution >= 4 is 0 Å². The number of hydrogen-bond donors (Lipinski definition) is 1. The summed E-state index contributed by atoms with van der Waals surface area (Å²) in [7, 11) is 1.87. The van der Waals surface area contributed by atoms with E-state index in [0.29, 0.717) is 18.9 Å². The fraction of sp³-hybridized carbons (Fsp3) is 0.600. The zero-order valence-electron chi connectivity index (χ0n) is 11.8. The third-order valence-corrected chi connectivity index (χ3v) is 3.15. The van der Waals surface area contributed by atoms with E-state index in [1.165, 1.54) is 5.56 Å². The van der Waals surface area contributed by atoms with Gasteiger partial charge in [0.05, 0.1) is 0 Å². The smallest absolute Gasteiger partial charge is 0.261 e. The zero-order valence-corrected chi connectivity index (χ0v) is 11.8. The van der Waals surface area contributed by atoms with Crippen LogP contribution >= 0.6 is 0 Å². The molecule has 0 saturated heterocycles. The Morgan fingerprint density at radius 3 is 2.16 bits per heavy atom. The molecule has 0 amide bonds. The van der Waals surface area contributed by atoms with Gasteiger partial charge in [-0.1, -0.05) is 38.1 Å². The van der Waals surface area contributed by atoms with Gasteiger partial charge in [0, 0.05) is 12.6 Å². The molecule has 0 aliphatic rings. The Hall–Kier alpha value is -1.00. The van der Waals surface area contributed by atoms with Crippen LogP contribution in [0.5, 0.6) is 0 Å². The van der Waals surface area contributed by atoms with Crippen molar-refractivity contribution in [3.05, 3.63) is 35.4 Å². The molecule has 0 aromatic heterocycles. The Labute approximate surface area is 114 Å². The first kappa shape index (κ1) is 16.1. The molecule has 0 aliphatic heterocycles. The van der Waals surface area contributed by atoms with Crippen molar-refractivity contribution in [1.82, 2.24) is 5.32 Å². The van der Waals surface area contributed by atoms with Gasteiger partial charge < -0.3 is 10.1 Å². The largest absolute Gasteiger partial charge is 0.375 e. The van der Waals surface area contributed by atoms with Gasteiger partial charge >= 0.3 is 0 Å². The standard InChI is InChI=1S/C15H23F2NO/c1-11(2)12-4-6-13(7-5-12)14(18-3)8-9-19-10-15(16)17/h4-7,11,14-15,18H,8-10H2,1-3H3. The molecule has 0 saturated carbocycles. The lowest BCUT2D eigenvalue weighted by Crippen LogP contribution is -2.19. The van der Waals surface area contributed by atoms with E-state index in [4.69, 9.17) is 4.74 Å². The number of nitrogens with one attached hydrogen (secondary N) is 1. The summed E-state index contributed by atoms with van der Waals surface area (Å²) in [6.07, 6.45) is -1.71. The molecule has 0 bridgehead atoms. The lowest BCUT2D eigenvalue weighted by Gasteiger charge is -2.17. The van der Waals surface area contributed by atoms with Crippen LogP contribution in [0.4, 0.5) is 8.78 Å². The van der Waals surface area contributed by atoms with Crippen molar-refractivity contribution in [2.45, 2.75) is 38.7 Å². The third-order valence-electron chi connectivity index (χ3n) is 3.15. The van der Waals surface area contributed by atoms with Gasteiger partial charge in [-0.2, -0.15) is 0 Å². The summed E-state index contributed by atoms with van der Waals surface area (Å²) in [5, 5.41) is 3.19. The lowest BCUT2D eigenvalue weighted by atomic mass is 9.98. The molecule has 1 atom stereocenters. The summed E-state index contributed by atoms with van der Waals surface area (Å²) in [4.78, 5) is 0. The number of hydrogen-bond acceptors (Lipinski definition) is 2. The van der Waals surface area contributed by atoms with E-state index in [1.807, 2.05) is 7.05 Å². The van der Waals surface area contributed by atoms with Crippen LogP contribution in [-0.2, 0) is 4.74 Å². The van der Waals surface area contributed by atoms with Crippen molar-refractivity contribution in [2.75, 3.05) is 20.3 Å². The van der Waals surface area contributed by atoms with Crippen LogP contribution in [0, 0.1) is 0 Å². The third kappa shape index (κ3) is 5.66. The highest BCUT2D eigenvalue weighted by atomic mass is 19.3. The fourth-order valence-electron chi connectivity index (χ4n) is 1.96. The van der Waals surface area contributed by atoms with Crippen LogP contribution in [0.15, 0.2) is 24.3 Å². The van der Waals surface area contributed by atoms with Gasteiger partial charge in [0.25, 0.3) is 6.43 Å². The van der Waals surface area contributed by atoms with Gasteiger partial charge in [-0.25, -0.2) is 8.78 Å². The lowest BCUT2D eigenvalue weighted by molar-refractivity contribution is 0.0145. The molecule has 0 fully saturated rings. The highest BCUT2D eigenvalue weighted by Crippen LogP contribution is 2.20. The van der Waals surface area contributed by atoms with Gasteiger partial charge in [0.2, 0.25) is 0 Å². The molecule has 1 rings (SSSR count). The number of halogens is 2. The molecule has 4 heteroatoms. The minimum Gasteiger partial charge on any atom is -0.375 e. The highest BCUT2D eigenvalue weighted by molar-refractivity contribution is 5.26. The second-order valence-corrected chi connectivity index (χ2v) is 4.92. The molecular weight excluding hydrogens is 248 g/mol. The normalized spacial score (nSPS) is 13.2. The molecule has 2 nitrogen and oxygen atoms in total. The SMILES string of the molecule is CNC(CCOCC(F)F)c1ccc(C(C)C)cc1. The zero-order chi connectivity index (χ0) is 14.3. The van der Waals surface area contributed by atoms with Crippen LogP contribution in [-0.4, -0.2) is 26.7 Å². The molecule has 0 spiro atoms. The minimum absolute atomic E-state index is 0.138. The van der Waals surface area contributed by atoms with Crippen LogP contribution in [0.2, 0.25) is 0 Å². The van der Waals surface area contributed by atoms with E-state index in [0.717, 1.165) is 5.56 Å².